The van der Waals surface area contributed by atoms with Crippen LogP contribution in [0.15, 0.2) is 85.0 Å². The van der Waals surface area contributed by atoms with E-state index in [2.05, 4.69) is 0 Å². The van der Waals surface area contributed by atoms with E-state index in [0.717, 1.165) is 17.5 Å². The molecule has 0 unspecified atom stereocenters. The predicted octanol–water partition coefficient (Wildman–Crippen LogP) is 5.89. The highest BCUT2D eigenvalue weighted by Crippen LogP contribution is 2.12. The molecule has 4 nitrogen and oxygen atoms in total. The normalized spacial score (nSPS) is 15.2. The van der Waals surface area contributed by atoms with E-state index in [1.165, 1.54) is 0 Å². The van der Waals surface area contributed by atoms with E-state index in [0.29, 0.717) is 36.2 Å². The lowest BCUT2D eigenvalue weighted by molar-refractivity contribution is -0.128. The van der Waals surface area contributed by atoms with Crippen molar-refractivity contribution in [1.29, 1.82) is 0 Å². The summed E-state index contributed by atoms with van der Waals surface area (Å²) in [5.74, 6) is -0.0991. The maximum Gasteiger partial charge on any atom is 0.246 e. The standard InChI is InChI=1S/C27H26Cl2N2O2/c28-24-14-10-22(11-15-24)6-1-3-8-26(32)30-18-5-19-31(21-20-30)27(33)9-4-2-7-23-12-16-25(29)17-13-23/h1-4,6-17H,5,18-21H2/b6-1+,7-2+,8-3+,9-4+. The first-order valence-electron chi connectivity index (χ1n) is 10.8. The lowest BCUT2D eigenvalue weighted by Crippen LogP contribution is -2.36. The topological polar surface area (TPSA) is 40.6 Å². The molecule has 2 amide bonds. The molecule has 0 aromatic heterocycles. The van der Waals surface area contributed by atoms with Gasteiger partial charge in [-0.25, -0.2) is 0 Å². The molecule has 6 heteroatoms. The van der Waals surface area contributed by atoms with Crippen LogP contribution in [0.2, 0.25) is 10.0 Å². The quantitative estimate of drug-likeness (QED) is 0.381. The molecule has 1 aliphatic heterocycles. The second-order valence-corrected chi connectivity index (χ2v) is 8.42. The van der Waals surface area contributed by atoms with Gasteiger partial charge in [0.05, 0.1) is 0 Å². The summed E-state index contributed by atoms with van der Waals surface area (Å²) in [6.07, 6.45) is 14.8. The van der Waals surface area contributed by atoms with Crippen molar-refractivity contribution in [3.8, 4) is 0 Å². The molecule has 0 N–H and O–H groups in total. The molecular formula is C27H26Cl2N2O2. The van der Waals surface area contributed by atoms with Crippen LogP contribution in [0.4, 0.5) is 0 Å². The molecule has 170 valence electrons. The Morgan fingerprint density at radius 1 is 0.606 bits per heavy atom. The molecular weight excluding hydrogens is 455 g/mol. The van der Waals surface area contributed by atoms with Gasteiger partial charge in [0.1, 0.15) is 0 Å². The lowest BCUT2D eigenvalue weighted by atomic mass is 10.2. The molecule has 1 saturated heterocycles. The highest BCUT2D eigenvalue weighted by molar-refractivity contribution is 6.30. The molecule has 2 aromatic rings. The summed E-state index contributed by atoms with van der Waals surface area (Å²) in [6, 6.07) is 15.0. The first-order chi connectivity index (χ1) is 16.0. The summed E-state index contributed by atoms with van der Waals surface area (Å²) in [5.41, 5.74) is 2.02. The van der Waals surface area contributed by atoms with Crippen LogP contribution in [-0.4, -0.2) is 47.8 Å². The monoisotopic (exact) mass is 480 g/mol. The predicted molar refractivity (Wildman–Crippen MR) is 137 cm³/mol. The SMILES string of the molecule is O=C(/C=C/C=C/c1ccc(Cl)cc1)N1CCCN(C(=O)/C=C/C=C/c2ccc(Cl)cc2)CC1. The maximum atomic E-state index is 12.5. The van der Waals surface area contributed by atoms with Gasteiger partial charge in [0.2, 0.25) is 11.8 Å². The fourth-order valence-corrected chi connectivity index (χ4v) is 3.58. The van der Waals surface area contributed by atoms with Crippen LogP contribution in [-0.2, 0) is 9.59 Å². The number of carbonyl (C=O) groups excluding carboxylic acids is 2. The average Bonchev–Trinajstić information content (AvgIpc) is 3.08. The van der Waals surface area contributed by atoms with Gasteiger partial charge < -0.3 is 9.80 Å². The highest BCUT2D eigenvalue weighted by Gasteiger charge is 2.19. The molecule has 0 spiro atoms. The number of nitrogens with zero attached hydrogens (tertiary/aromatic N) is 2. The molecule has 0 radical (unpaired) electrons. The van der Waals surface area contributed by atoms with E-state index in [1.54, 1.807) is 34.1 Å². The number of rotatable bonds is 6. The third-order valence-corrected chi connectivity index (χ3v) is 5.64. The van der Waals surface area contributed by atoms with Crippen LogP contribution in [0.5, 0.6) is 0 Å². The third-order valence-electron chi connectivity index (χ3n) is 5.14. The van der Waals surface area contributed by atoms with Gasteiger partial charge >= 0.3 is 0 Å². The highest BCUT2D eigenvalue weighted by atomic mass is 35.5. The minimum atomic E-state index is -0.0495. The number of carbonyl (C=O) groups is 2. The Kier molecular flexibility index (Phi) is 9.55. The third kappa shape index (κ3) is 8.41. The maximum absolute atomic E-state index is 12.5. The fourth-order valence-electron chi connectivity index (χ4n) is 3.33. The first kappa shape index (κ1) is 24.6. The van der Waals surface area contributed by atoms with Crippen LogP contribution in [0.3, 0.4) is 0 Å². The van der Waals surface area contributed by atoms with Gasteiger partial charge in [-0.3, -0.25) is 9.59 Å². The number of halogens is 2. The van der Waals surface area contributed by atoms with E-state index in [4.69, 9.17) is 23.2 Å². The summed E-state index contributed by atoms with van der Waals surface area (Å²) >= 11 is 11.8. The molecule has 0 aliphatic carbocycles. The zero-order valence-electron chi connectivity index (χ0n) is 18.2. The van der Waals surface area contributed by atoms with Crippen molar-refractivity contribution in [3.05, 3.63) is 106 Å². The first-order valence-corrected chi connectivity index (χ1v) is 11.6. The van der Waals surface area contributed by atoms with E-state index in [-0.39, 0.29) is 11.8 Å². The number of benzene rings is 2. The van der Waals surface area contributed by atoms with Crippen molar-refractivity contribution in [2.75, 3.05) is 26.2 Å². The second-order valence-electron chi connectivity index (χ2n) is 7.54. The molecule has 2 aromatic carbocycles. The molecule has 1 heterocycles. The van der Waals surface area contributed by atoms with Crippen LogP contribution in [0.25, 0.3) is 12.2 Å². The zero-order valence-corrected chi connectivity index (χ0v) is 19.8. The fraction of sp³-hybridized carbons (Fsp3) is 0.185. The summed E-state index contributed by atoms with van der Waals surface area (Å²) in [7, 11) is 0. The largest absolute Gasteiger partial charge is 0.337 e. The minimum Gasteiger partial charge on any atom is -0.337 e. The number of allylic oxidation sites excluding steroid dienone is 4. The Labute approximate surface area is 205 Å². The smallest absolute Gasteiger partial charge is 0.246 e. The Morgan fingerprint density at radius 3 is 1.39 bits per heavy atom. The van der Waals surface area contributed by atoms with Gasteiger partial charge in [0.25, 0.3) is 0 Å². The van der Waals surface area contributed by atoms with Crippen molar-refractivity contribution in [2.45, 2.75) is 6.42 Å². The van der Waals surface area contributed by atoms with Gasteiger partial charge in [-0.15, -0.1) is 0 Å². The van der Waals surface area contributed by atoms with Crippen LogP contribution >= 0.6 is 23.2 Å². The van der Waals surface area contributed by atoms with E-state index < -0.39 is 0 Å². The van der Waals surface area contributed by atoms with Crippen molar-refractivity contribution in [3.63, 3.8) is 0 Å². The Hall–Kier alpha value is -3.08. The Morgan fingerprint density at radius 2 is 1.00 bits per heavy atom. The van der Waals surface area contributed by atoms with Crippen molar-refractivity contribution in [1.82, 2.24) is 9.80 Å². The second kappa shape index (κ2) is 12.8. The number of amides is 2. The summed E-state index contributed by atoms with van der Waals surface area (Å²) < 4.78 is 0. The lowest BCUT2D eigenvalue weighted by Gasteiger charge is -2.20. The number of hydrogen-bond acceptors (Lipinski definition) is 2. The molecule has 1 fully saturated rings. The van der Waals surface area contributed by atoms with Gasteiger partial charge in [-0.2, -0.15) is 0 Å². The molecule has 0 bridgehead atoms. The van der Waals surface area contributed by atoms with Gasteiger partial charge in [0.15, 0.2) is 0 Å². The summed E-state index contributed by atoms with van der Waals surface area (Å²) in [6.45, 7) is 2.30. The molecule has 1 aliphatic rings. The van der Waals surface area contributed by atoms with E-state index in [9.17, 15) is 9.59 Å². The number of hydrogen-bond donors (Lipinski definition) is 0. The minimum absolute atomic E-state index is 0.0495. The van der Waals surface area contributed by atoms with E-state index in [1.807, 2.05) is 72.8 Å². The van der Waals surface area contributed by atoms with Crippen LogP contribution in [0.1, 0.15) is 17.5 Å². The molecule has 0 saturated carbocycles. The molecule has 33 heavy (non-hydrogen) atoms. The van der Waals surface area contributed by atoms with Gasteiger partial charge in [-0.05, 0) is 41.8 Å². The molecule has 0 atom stereocenters. The van der Waals surface area contributed by atoms with Crippen LogP contribution < -0.4 is 0 Å². The Bertz CT molecular complexity index is 969. The van der Waals surface area contributed by atoms with Crippen LogP contribution in [0, 0.1) is 0 Å². The Balaban J connectivity index is 1.45. The van der Waals surface area contributed by atoms with Crippen molar-refractivity contribution >= 4 is 47.2 Å². The zero-order chi connectivity index (χ0) is 23.5. The average molecular weight is 481 g/mol. The van der Waals surface area contributed by atoms with Gasteiger partial charge in [-0.1, -0.05) is 83.9 Å². The summed E-state index contributed by atoms with van der Waals surface area (Å²) in [5, 5.41) is 1.38. The van der Waals surface area contributed by atoms with Gasteiger partial charge in [0, 0.05) is 48.4 Å². The molecule has 3 rings (SSSR count). The van der Waals surface area contributed by atoms with E-state index >= 15 is 0 Å². The van der Waals surface area contributed by atoms with Crippen molar-refractivity contribution < 1.29 is 9.59 Å². The summed E-state index contributed by atoms with van der Waals surface area (Å²) in [4.78, 5) is 28.6. The van der Waals surface area contributed by atoms with Crippen molar-refractivity contribution in [2.24, 2.45) is 0 Å².